The zero-order valence-electron chi connectivity index (χ0n) is 16.5. The fourth-order valence-electron chi connectivity index (χ4n) is 6.34. The Hall–Kier alpha value is -2.24. The van der Waals surface area contributed by atoms with E-state index in [1.54, 1.807) is 0 Å². The number of hydrogen-bond acceptors (Lipinski definition) is 2. The van der Waals surface area contributed by atoms with Crippen molar-refractivity contribution in [2.45, 2.75) is 57.5 Å². The summed E-state index contributed by atoms with van der Waals surface area (Å²) < 4.78 is 0. The summed E-state index contributed by atoms with van der Waals surface area (Å²) in [4.78, 5) is 0. The van der Waals surface area contributed by atoms with E-state index in [0.717, 1.165) is 43.2 Å². The molecule has 5 atom stereocenters. The molecule has 144 valence electrons. The van der Waals surface area contributed by atoms with Gasteiger partial charge in [0.05, 0.1) is 11.7 Å². The molecule has 0 saturated heterocycles. The third kappa shape index (κ3) is 2.76. The molecule has 0 spiro atoms. The van der Waals surface area contributed by atoms with E-state index in [9.17, 15) is 10.2 Å². The summed E-state index contributed by atoms with van der Waals surface area (Å²) >= 11 is 0. The Morgan fingerprint density at radius 3 is 2.64 bits per heavy atom. The molecule has 2 aromatic rings. The fourth-order valence-corrected chi connectivity index (χ4v) is 6.34. The molecule has 0 radical (unpaired) electrons. The number of aromatic hydroxyl groups is 1. The number of phenolic OH excluding ortho intramolecular Hbond substituents is 1. The predicted molar refractivity (Wildman–Crippen MR) is 111 cm³/mol. The lowest BCUT2D eigenvalue weighted by Gasteiger charge is -2.50. The molecule has 0 unspecified atom stereocenters. The van der Waals surface area contributed by atoms with Crippen LogP contribution in [0.2, 0.25) is 0 Å². The van der Waals surface area contributed by atoms with Gasteiger partial charge in [-0.15, -0.1) is 0 Å². The molecule has 5 rings (SSSR count). The molecule has 2 N–H and O–H groups in total. The minimum atomic E-state index is -0.132. The van der Waals surface area contributed by atoms with Gasteiger partial charge in [0, 0.05) is 5.56 Å². The Labute approximate surface area is 167 Å². The zero-order chi connectivity index (χ0) is 19.3. The largest absolute Gasteiger partial charge is 0.507 e. The lowest BCUT2D eigenvalue weighted by molar-refractivity contribution is -0.0226. The minimum Gasteiger partial charge on any atom is -0.507 e. The molecule has 2 heteroatoms. The molecule has 3 aliphatic carbocycles. The van der Waals surface area contributed by atoms with Gasteiger partial charge in [-0.25, -0.2) is 0 Å². The van der Waals surface area contributed by atoms with Crippen molar-refractivity contribution in [1.29, 1.82) is 0 Å². The van der Waals surface area contributed by atoms with Gasteiger partial charge in [-0.05, 0) is 97.1 Å². The molecule has 28 heavy (non-hydrogen) atoms. The molecule has 2 saturated carbocycles. The van der Waals surface area contributed by atoms with Crippen LogP contribution in [0.15, 0.2) is 42.5 Å². The van der Waals surface area contributed by atoms with Crippen molar-refractivity contribution >= 4 is 0 Å². The summed E-state index contributed by atoms with van der Waals surface area (Å²) in [6, 6.07) is 14.0. The summed E-state index contributed by atoms with van der Waals surface area (Å²) in [5.41, 5.74) is 4.50. The molecule has 0 aliphatic heterocycles. The number of aliphatic hydroxyl groups excluding tert-OH is 1. The molecule has 0 bridgehead atoms. The summed E-state index contributed by atoms with van der Waals surface area (Å²) in [5, 5.41) is 21.1. The van der Waals surface area contributed by atoms with Gasteiger partial charge in [0.25, 0.3) is 0 Å². The number of aliphatic hydroxyl groups is 1. The highest BCUT2D eigenvalue weighted by molar-refractivity contribution is 5.54. The predicted octanol–water partition coefficient (Wildman–Crippen LogP) is 5.01. The van der Waals surface area contributed by atoms with Crippen LogP contribution in [0, 0.1) is 29.1 Å². The van der Waals surface area contributed by atoms with E-state index in [-0.39, 0.29) is 11.5 Å². The maximum Gasteiger partial charge on any atom is 0.131 e. The number of rotatable bonds is 0. The first-order valence-electron chi connectivity index (χ1n) is 10.7. The van der Waals surface area contributed by atoms with E-state index in [0.29, 0.717) is 23.5 Å². The Morgan fingerprint density at radius 1 is 1.00 bits per heavy atom. The highest BCUT2D eigenvalue weighted by Gasteiger charge is 2.54. The fraction of sp³-hybridized carbons (Fsp3) is 0.462. The van der Waals surface area contributed by atoms with Gasteiger partial charge in [-0.1, -0.05) is 37.0 Å². The first-order valence-corrected chi connectivity index (χ1v) is 10.7. The van der Waals surface area contributed by atoms with Crippen molar-refractivity contribution in [3.05, 3.63) is 64.7 Å². The standard InChI is InChI=1S/C26H28O2/c1-26-14-13-20-21(23(26)11-12-25(26)28)10-9-18-16-24(27)19(15-22(18)20)8-7-17-5-3-2-4-6-17/h2-6,15-16,20-21,23,25,27-28H,9-14H2,1H3/t20-,21+,23-,25-,26-/m0/s1. The van der Waals surface area contributed by atoms with Crippen LogP contribution in [0.1, 0.15) is 67.2 Å². The summed E-state index contributed by atoms with van der Waals surface area (Å²) in [7, 11) is 0. The highest BCUT2D eigenvalue weighted by Crippen LogP contribution is 2.61. The quantitative estimate of drug-likeness (QED) is 0.638. The molecule has 2 fully saturated rings. The zero-order valence-corrected chi connectivity index (χ0v) is 16.5. The van der Waals surface area contributed by atoms with Crippen molar-refractivity contribution < 1.29 is 10.2 Å². The number of aryl methyl sites for hydroxylation is 1. The van der Waals surface area contributed by atoms with Gasteiger partial charge in [0.15, 0.2) is 0 Å². The monoisotopic (exact) mass is 372 g/mol. The van der Waals surface area contributed by atoms with Crippen LogP contribution in [-0.4, -0.2) is 16.3 Å². The van der Waals surface area contributed by atoms with Crippen molar-refractivity contribution in [2.24, 2.45) is 17.3 Å². The van der Waals surface area contributed by atoms with E-state index in [2.05, 4.69) is 24.8 Å². The van der Waals surface area contributed by atoms with Crippen molar-refractivity contribution in [1.82, 2.24) is 0 Å². The molecule has 0 aromatic heterocycles. The maximum absolute atomic E-state index is 10.6. The molecule has 3 aliphatic rings. The Balaban J connectivity index is 1.50. The molecular weight excluding hydrogens is 344 g/mol. The van der Waals surface area contributed by atoms with Gasteiger partial charge >= 0.3 is 0 Å². The second-order valence-corrected chi connectivity index (χ2v) is 9.24. The Morgan fingerprint density at radius 2 is 1.82 bits per heavy atom. The van der Waals surface area contributed by atoms with Crippen LogP contribution in [-0.2, 0) is 6.42 Å². The molecule has 0 heterocycles. The van der Waals surface area contributed by atoms with Crippen LogP contribution in [0.25, 0.3) is 0 Å². The normalized spacial score (nSPS) is 33.2. The van der Waals surface area contributed by atoms with E-state index in [1.165, 1.54) is 17.5 Å². The van der Waals surface area contributed by atoms with Crippen molar-refractivity contribution in [3.63, 3.8) is 0 Å². The average Bonchev–Trinajstić information content (AvgIpc) is 3.02. The molecule has 2 nitrogen and oxygen atoms in total. The van der Waals surface area contributed by atoms with Crippen LogP contribution in [0.3, 0.4) is 0 Å². The van der Waals surface area contributed by atoms with Crippen molar-refractivity contribution in [2.75, 3.05) is 0 Å². The summed E-state index contributed by atoms with van der Waals surface area (Å²) in [6.07, 6.45) is 6.43. The molecule has 2 aromatic carbocycles. The van der Waals surface area contributed by atoms with Crippen LogP contribution in [0.4, 0.5) is 0 Å². The third-order valence-electron chi connectivity index (χ3n) is 7.91. The van der Waals surface area contributed by atoms with E-state index in [1.807, 2.05) is 36.4 Å². The van der Waals surface area contributed by atoms with Gasteiger partial charge in [-0.2, -0.15) is 0 Å². The van der Waals surface area contributed by atoms with E-state index in [4.69, 9.17) is 0 Å². The van der Waals surface area contributed by atoms with Crippen LogP contribution in [0.5, 0.6) is 5.75 Å². The maximum atomic E-state index is 10.6. The lowest BCUT2D eigenvalue weighted by atomic mass is 9.55. The smallest absolute Gasteiger partial charge is 0.131 e. The number of hydrogen-bond donors (Lipinski definition) is 2. The summed E-state index contributed by atoms with van der Waals surface area (Å²) in [6.45, 7) is 2.31. The van der Waals surface area contributed by atoms with E-state index < -0.39 is 0 Å². The van der Waals surface area contributed by atoms with Gasteiger partial charge in [0.2, 0.25) is 0 Å². The lowest BCUT2D eigenvalue weighted by Crippen LogP contribution is -2.43. The average molecular weight is 373 g/mol. The van der Waals surface area contributed by atoms with Crippen LogP contribution < -0.4 is 0 Å². The summed E-state index contributed by atoms with van der Waals surface area (Å²) in [5.74, 6) is 8.51. The number of benzene rings is 2. The van der Waals surface area contributed by atoms with E-state index >= 15 is 0 Å². The Bertz CT molecular complexity index is 952. The number of phenols is 1. The van der Waals surface area contributed by atoms with Gasteiger partial charge in [0.1, 0.15) is 5.75 Å². The number of fused-ring (bicyclic) bond motifs is 5. The highest BCUT2D eigenvalue weighted by atomic mass is 16.3. The van der Waals surface area contributed by atoms with Crippen molar-refractivity contribution in [3.8, 4) is 17.6 Å². The SMILES string of the molecule is C[C@]12CC[C@@H]3c4cc(C#Cc5ccccc5)c(O)cc4CC[C@H]3[C@@H]1CC[C@@H]2O. The first-order chi connectivity index (χ1) is 13.6. The van der Waals surface area contributed by atoms with Crippen LogP contribution >= 0.6 is 0 Å². The second-order valence-electron chi connectivity index (χ2n) is 9.24. The first kappa shape index (κ1) is 17.8. The Kier molecular flexibility index (Phi) is 4.25. The second kappa shape index (κ2) is 6.68. The van der Waals surface area contributed by atoms with Gasteiger partial charge in [-0.3, -0.25) is 0 Å². The molecular formula is C26H28O2. The topological polar surface area (TPSA) is 40.5 Å². The minimum absolute atomic E-state index is 0.103. The molecule has 0 amide bonds. The third-order valence-corrected chi connectivity index (χ3v) is 7.91. The van der Waals surface area contributed by atoms with Gasteiger partial charge < -0.3 is 10.2 Å².